The average molecular weight is 314 g/mol. The fourth-order valence-corrected chi connectivity index (χ4v) is 2.79. The van der Waals surface area contributed by atoms with E-state index in [1.165, 1.54) is 24.3 Å². The van der Waals surface area contributed by atoms with Gasteiger partial charge in [0.1, 0.15) is 6.54 Å². The lowest BCUT2D eigenvalue weighted by molar-refractivity contribution is -0.135. The van der Waals surface area contributed by atoms with Crippen LogP contribution >= 0.6 is 0 Å². The second-order valence-electron chi connectivity index (χ2n) is 4.53. The largest absolute Gasteiger partial charge is 0.480 e. The molecule has 0 aromatic heterocycles. The second-order valence-corrected chi connectivity index (χ2v) is 6.25. The lowest BCUT2D eigenvalue weighted by Gasteiger charge is -2.12. The number of rotatable bonds is 7. The highest BCUT2D eigenvalue weighted by Gasteiger charge is 2.17. The first-order chi connectivity index (χ1) is 9.76. The Balaban J connectivity index is 2.82. The number of nitrogens with one attached hydrogen (secondary N) is 2. The number of carboxylic acids is 1. The molecular formula is C13H18N2O5S. The summed E-state index contributed by atoms with van der Waals surface area (Å²) in [5, 5.41) is 10.7. The van der Waals surface area contributed by atoms with Crippen LogP contribution in [-0.2, 0) is 14.8 Å². The summed E-state index contributed by atoms with van der Waals surface area (Å²) in [6, 6.07) is 5.10. The van der Waals surface area contributed by atoms with Crippen molar-refractivity contribution in [2.24, 2.45) is 0 Å². The van der Waals surface area contributed by atoms with Crippen LogP contribution in [0.5, 0.6) is 0 Å². The lowest BCUT2D eigenvalue weighted by Crippen LogP contribution is -2.32. The number of carboxylic acid groups (broad SMARTS) is 1. The van der Waals surface area contributed by atoms with Crippen molar-refractivity contribution in [2.75, 3.05) is 6.54 Å². The van der Waals surface area contributed by atoms with E-state index in [1.807, 2.05) is 6.92 Å². The standard InChI is InChI=1S/C13H18N2O5S/c1-3-9(2)15-21(19,20)11-6-4-10(5-7-11)13(18)14-8-12(16)17/h4-7,9,15H,3,8H2,1-2H3,(H,14,18)(H,16,17). The van der Waals surface area contributed by atoms with E-state index in [0.29, 0.717) is 6.42 Å². The monoisotopic (exact) mass is 314 g/mol. The molecule has 1 aromatic carbocycles. The summed E-state index contributed by atoms with van der Waals surface area (Å²) in [4.78, 5) is 22.0. The van der Waals surface area contributed by atoms with Crippen molar-refractivity contribution in [3.63, 3.8) is 0 Å². The van der Waals surface area contributed by atoms with E-state index >= 15 is 0 Å². The van der Waals surface area contributed by atoms with Crippen LogP contribution in [-0.4, -0.2) is 38.0 Å². The molecule has 0 spiro atoms. The molecule has 1 atom stereocenters. The van der Waals surface area contributed by atoms with Gasteiger partial charge in [-0.15, -0.1) is 0 Å². The minimum absolute atomic E-state index is 0.0533. The minimum Gasteiger partial charge on any atom is -0.480 e. The van der Waals surface area contributed by atoms with Crippen LogP contribution < -0.4 is 10.0 Å². The Morgan fingerprint density at radius 1 is 1.24 bits per heavy atom. The van der Waals surface area contributed by atoms with Gasteiger partial charge in [-0.3, -0.25) is 9.59 Å². The van der Waals surface area contributed by atoms with Gasteiger partial charge in [-0.1, -0.05) is 6.92 Å². The smallest absolute Gasteiger partial charge is 0.322 e. The fourth-order valence-electron chi connectivity index (χ4n) is 1.46. The number of sulfonamides is 1. The number of amides is 1. The Kier molecular flexibility index (Phi) is 5.86. The van der Waals surface area contributed by atoms with Crippen molar-refractivity contribution < 1.29 is 23.1 Å². The third kappa shape index (κ3) is 5.16. The van der Waals surface area contributed by atoms with Gasteiger partial charge in [0.2, 0.25) is 10.0 Å². The molecule has 0 aliphatic rings. The minimum atomic E-state index is -3.62. The van der Waals surface area contributed by atoms with Crippen molar-refractivity contribution in [3.05, 3.63) is 29.8 Å². The van der Waals surface area contributed by atoms with Gasteiger partial charge in [-0.2, -0.15) is 0 Å². The topological polar surface area (TPSA) is 113 Å². The van der Waals surface area contributed by atoms with Crippen molar-refractivity contribution in [1.82, 2.24) is 10.0 Å². The van der Waals surface area contributed by atoms with Gasteiger partial charge in [0, 0.05) is 11.6 Å². The van der Waals surface area contributed by atoms with E-state index in [9.17, 15) is 18.0 Å². The summed E-state index contributed by atoms with van der Waals surface area (Å²) >= 11 is 0. The molecular weight excluding hydrogens is 296 g/mol. The first-order valence-corrected chi connectivity index (χ1v) is 7.87. The Bertz CT molecular complexity index is 610. The van der Waals surface area contributed by atoms with Crippen LogP contribution in [0, 0.1) is 0 Å². The summed E-state index contributed by atoms with van der Waals surface area (Å²) in [5.41, 5.74) is 0.193. The number of hydrogen-bond donors (Lipinski definition) is 3. The molecule has 0 aliphatic heterocycles. The molecule has 3 N–H and O–H groups in total. The third-order valence-electron chi connectivity index (χ3n) is 2.80. The SMILES string of the molecule is CCC(C)NS(=O)(=O)c1ccc(C(=O)NCC(=O)O)cc1. The van der Waals surface area contributed by atoms with Crippen LogP contribution in [0.25, 0.3) is 0 Å². The van der Waals surface area contributed by atoms with Gasteiger partial charge < -0.3 is 10.4 Å². The number of hydrogen-bond acceptors (Lipinski definition) is 4. The molecule has 0 saturated heterocycles. The van der Waals surface area contributed by atoms with Gasteiger partial charge in [0.15, 0.2) is 0 Å². The normalized spacial score (nSPS) is 12.7. The average Bonchev–Trinajstić information content (AvgIpc) is 2.44. The van der Waals surface area contributed by atoms with Crippen LogP contribution in [0.15, 0.2) is 29.2 Å². The summed E-state index contributed by atoms with van der Waals surface area (Å²) in [6.07, 6.45) is 0.662. The maximum Gasteiger partial charge on any atom is 0.322 e. The van der Waals surface area contributed by atoms with Gasteiger partial charge in [-0.05, 0) is 37.6 Å². The van der Waals surface area contributed by atoms with E-state index < -0.39 is 28.4 Å². The molecule has 1 unspecified atom stereocenters. The summed E-state index contributed by atoms with van der Waals surface area (Å²) < 4.78 is 26.5. The van der Waals surface area contributed by atoms with Crippen LogP contribution in [0.4, 0.5) is 0 Å². The van der Waals surface area contributed by atoms with Crippen molar-refractivity contribution in [1.29, 1.82) is 0 Å². The van der Waals surface area contributed by atoms with Crippen molar-refractivity contribution in [2.45, 2.75) is 31.2 Å². The molecule has 1 aromatic rings. The Labute approximate surface area is 123 Å². The summed E-state index contributed by atoms with van der Waals surface area (Å²) in [5.74, 6) is -1.73. The van der Waals surface area contributed by atoms with Crippen molar-refractivity contribution in [3.8, 4) is 0 Å². The highest BCUT2D eigenvalue weighted by atomic mass is 32.2. The van der Waals surface area contributed by atoms with Gasteiger partial charge in [0.05, 0.1) is 4.90 Å². The highest BCUT2D eigenvalue weighted by molar-refractivity contribution is 7.89. The quantitative estimate of drug-likeness (QED) is 0.681. The van der Waals surface area contributed by atoms with E-state index in [1.54, 1.807) is 6.92 Å². The summed E-state index contributed by atoms with van der Waals surface area (Å²) in [6.45, 7) is 3.13. The Morgan fingerprint density at radius 3 is 2.29 bits per heavy atom. The molecule has 8 heteroatoms. The molecule has 0 radical (unpaired) electrons. The number of benzene rings is 1. The molecule has 0 fully saturated rings. The predicted octanol–water partition coefficient (Wildman–Crippen LogP) is 0.578. The molecule has 0 heterocycles. The molecule has 1 rings (SSSR count). The van der Waals surface area contributed by atoms with Crippen LogP contribution in [0.3, 0.4) is 0 Å². The molecule has 0 saturated carbocycles. The van der Waals surface area contributed by atoms with Gasteiger partial charge in [-0.25, -0.2) is 13.1 Å². The first-order valence-electron chi connectivity index (χ1n) is 6.38. The molecule has 0 bridgehead atoms. The number of carbonyl (C=O) groups excluding carboxylic acids is 1. The van der Waals surface area contributed by atoms with Crippen molar-refractivity contribution >= 4 is 21.9 Å². The fraction of sp³-hybridized carbons (Fsp3) is 0.385. The molecule has 116 valence electrons. The third-order valence-corrected chi connectivity index (χ3v) is 4.40. The first kappa shape index (κ1) is 17.1. The van der Waals surface area contributed by atoms with E-state index in [2.05, 4.69) is 10.0 Å². The molecule has 21 heavy (non-hydrogen) atoms. The molecule has 7 nitrogen and oxygen atoms in total. The van der Waals surface area contributed by atoms with E-state index in [0.717, 1.165) is 0 Å². The predicted molar refractivity (Wildman–Crippen MR) is 76.5 cm³/mol. The zero-order valence-electron chi connectivity index (χ0n) is 11.8. The molecule has 0 aliphatic carbocycles. The lowest BCUT2D eigenvalue weighted by atomic mass is 10.2. The van der Waals surface area contributed by atoms with E-state index in [4.69, 9.17) is 5.11 Å². The Hall–Kier alpha value is -1.93. The number of carbonyl (C=O) groups is 2. The maximum absolute atomic E-state index is 12.0. The zero-order valence-corrected chi connectivity index (χ0v) is 12.6. The number of aliphatic carboxylic acids is 1. The zero-order chi connectivity index (χ0) is 16.0. The maximum atomic E-state index is 12.0. The van der Waals surface area contributed by atoms with Gasteiger partial charge in [0.25, 0.3) is 5.91 Å². The van der Waals surface area contributed by atoms with Crippen LogP contribution in [0.2, 0.25) is 0 Å². The van der Waals surface area contributed by atoms with Gasteiger partial charge >= 0.3 is 5.97 Å². The summed E-state index contributed by atoms with van der Waals surface area (Å²) in [7, 11) is -3.62. The molecule has 1 amide bonds. The Morgan fingerprint density at radius 2 is 1.81 bits per heavy atom. The van der Waals surface area contributed by atoms with E-state index in [-0.39, 0.29) is 16.5 Å². The second kappa shape index (κ2) is 7.19. The highest BCUT2D eigenvalue weighted by Crippen LogP contribution is 2.11. The van der Waals surface area contributed by atoms with Crippen LogP contribution in [0.1, 0.15) is 30.6 Å².